The quantitative estimate of drug-likeness (QED) is 0.675. The lowest BCUT2D eigenvalue weighted by molar-refractivity contribution is 0.307. The lowest BCUT2D eigenvalue weighted by atomic mass is 10.2. The van der Waals surface area contributed by atoms with Crippen molar-refractivity contribution < 1.29 is 0 Å². The first-order valence-corrected chi connectivity index (χ1v) is 8.86. The van der Waals surface area contributed by atoms with Crippen molar-refractivity contribution in [3.8, 4) is 5.69 Å². The predicted molar refractivity (Wildman–Crippen MR) is 97.8 cm³/mol. The highest BCUT2D eigenvalue weighted by Crippen LogP contribution is 2.38. The molecular weight excluding hydrogens is 334 g/mol. The Bertz CT molecular complexity index is 840. The fraction of sp³-hybridized carbons (Fsp3) is 0.316. The summed E-state index contributed by atoms with van der Waals surface area (Å²) in [6.07, 6.45) is 6.07. The van der Waals surface area contributed by atoms with E-state index in [0.717, 1.165) is 35.4 Å². The molecule has 6 heteroatoms. The Labute approximate surface area is 152 Å². The van der Waals surface area contributed by atoms with E-state index in [1.54, 1.807) is 6.20 Å². The first-order valence-electron chi connectivity index (χ1n) is 8.48. The smallest absolute Gasteiger partial charge is 0.154 e. The van der Waals surface area contributed by atoms with Gasteiger partial charge in [-0.3, -0.25) is 9.88 Å². The summed E-state index contributed by atoms with van der Waals surface area (Å²) in [7, 11) is 2.09. The van der Waals surface area contributed by atoms with Gasteiger partial charge in [-0.25, -0.2) is 9.67 Å². The summed E-state index contributed by atoms with van der Waals surface area (Å²) in [5, 5.41) is 5.48. The molecule has 25 heavy (non-hydrogen) atoms. The predicted octanol–water partition coefficient (Wildman–Crippen LogP) is 3.83. The number of nitrogens with zero attached hydrogens (tertiary/aromatic N) is 5. The highest BCUT2D eigenvalue weighted by Gasteiger charge is 2.29. The first kappa shape index (κ1) is 16.2. The molecule has 1 aliphatic carbocycles. The van der Waals surface area contributed by atoms with Gasteiger partial charge in [0.25, 0.3) is 0 Å². The Kier molecular flexibility index (Phi) is 4.51. The van der Waals surface area contributed by atoms with Crippen LogP contribution in [0.4, 0.5) is 0 Å². The van der Waals surface area contributed by atoms with E-state index in [-0.39, 0.29) is 0 Å². The molecule has 0 spiro atoms. The number of pyridine rings is 1. The average Bonchev–Trinajstić information content (AvgIpc) is 3.38. The van der Waals surface area contributed by atoms with E-state index in [1.165, 1.54) is 18.4 Å². The molecule has 5 nitrogen and oxygen atoms in total. The molecule has 0 N–H and O–H groups in total. The molecule has 0 unspecified atom stereocenters. The minimum Gasteiger partial charge on any atom is -0.295 e. The van der Waals surface area contributed by atoms with Gasteiger partial charge in [-0.05, 0) is 55.8 Å². The van der Waals surface area contributed by atoms with Gasteiger partial charge in [0.2, 0.25) is 0 Å². The maximum absolute atomic E-state index is 6.02. The van der Waals surface area contributed by atoms with Crippen LogP contribution < -0.4 is 0 Å². The third-order valence-electron chi connectivity index (χ3n) is 4.29. The van der Waals surface area contributed by atoms with Gasteiger partial charge in [-0.15, -0.1) is 0 Å². The van der Waals surface area contributed by atoms with E-state index in [2.05, 4.69) is 23.0 Å². The van der Waals surface area contributed by atoms with Crippen LogP contribution in [-0.2, 0) is 13.1 Å². The molecule has 3 aromatic rings. The Morgan fingerprint density at radius 3 is 2.64 bits per heavy atom. The number of halogens is 1. The van der Waals surface area contributed by atoms with Crippen LogP contribution in [0.15, 0.2) is 48.8 Å². The fourth-order valence-electron chi connectivity index (χ4n) is 2.87. The number of hydrogen-bond acceptors (Lipinski definition) is 4. The zero-order valence-electron chi connectivity index (χ0n) is 14.1. The molecule has 0 aliphatic heterocycles. The number of aromatic nitrogens is 4. The Morgan fingerprint density at radius 2 is 1.96 bits per heavy atom. The summed E-state index contributed by atoms with van der Waals surface area (Å²) in [5.41, 5.74) is 2.18. The van der Waals surface area contributed by atoms with Crippen molar-refractivity contribution in [2.75, 3.05) is 7.05 Å². The zero-order valence-corrected chi connectivity index (χ0v) is 14.9. The van der Waals surface area contributed by atoms with Crippen LogP contribution in [0.1, 0.15) is 36.0 Å². The number of rotatable bonds is 6. The largest absolute Gasteiger partial charge is 0.295 e. The SMILES string of the molecule is CN(Cc1cccnc1)Cc1nc(C2CC2)nn1-c1ccc(Cl)cc1. The molecule has 1 saturated carbocycles. The van der Waals surface area contributed by atoms with Gasteiger partial charge in [0, 0.05) is 29.9 Å². The molecule has 0 saturated heterocycles. The van der Waals surface area contributed by atoms with Gasteiger partial charge in [0.05, 0.1) is 12.2 Å². The lowest BCUT2D eigenvalue weighted by Gasteiger charge is -2.16. The summed E-state index contributed by atoms with van der Waals surface area (Å²) in [4.78, 5) is 11.2. The molecule has 4 rings (SSSR count). The van der Waals surface area contributed by atoms with Crippen LogP contribution in [0.2, 0.25) is 5.02 Å². The van der Waals surface area contributed by atoms with Crippen molar-refractivity contribution in [3.05, 3.63) is 71.0 Å². The van der Waals surface area contributed by atoms with Gasteiger partial charge >= 0.3 is 0 Å². The minimum absolute atomic E-state index is 0.524. The van der Waals surface area contributed by atoms with Crippen LogP contribution in [0.3, 0.4) is 0 Å². The van der Waals surface area contributed by atoms with Gasteiger partial charge in [-0.1, -0.05) is 17.7 Å². The van der Waals surface area contributed by atoms with Crippen molar-refractivity contribution >= 4 is 11.6 Å². The van der Waals surface area contributed by atoms with Crippen molar-refractivity contribution in [3.63, 3.8) is 0 Å². The summed E-state index contributed by atoms with van der Waals surface area (Å²) in [6, 6.07) is 11.8. The molecule has 0 atom stereocenters. The first-order chi connectivity index (χ1) is 12.2. The van der Waals surface area contributed by atoms with E-state index < -0.39 is 0 Å². The Morgan fingerprint density at radius 1 is 1.16 bits per heavy atom. The van der Waals surface area contributed by atoms with E-state index in [4.69, 9.17) is 21.7 Å². The molecule has 1 aromatic carbocycles. The highest BCUT2D eigenvalue weighted by atomic mass is 35.5. The molecular formula is C19H20ClN5. The van der Waals surface area contributed by atoms with Gasteiger partial charge < -0.3 is 0 Å². The molecule has 0 amide bonds. The van der Waals surface area contributed by atoms with E-state index in [1.807, 2.05) is 41.2 Å². The van der Waals surface area contributed by atoms with Crippen LogP contribution in [-0.4, -0.2) is 31.7 Å². The van der Waals surface area contributed by atoms with Crippen LogP contribution in [0.25, 0.3) is 5.69 Å². The minimum atomic E-state index is 0.524. The van der Waals surface area contributed by atoms with Crippen molar-refractivity contribution in [1.29, 1.82) is 0 Å². The molecule has 2 heterocycles. The van der Waals surface area contributed by atoms with E-state index >= 15 is 0 Å². The molecule has 0 bridgehead atoms. The standard InChI is InChI=1S/C19H20ClN5/c1-24(12-14-3-2-10-21-11-14)13-18-22-19(15-4-5-15)23-25(18)17-8-6-16(20)7-9-17/h2-3,6-11,15H,4-5,12-13H2,1H3. The number of benzene rings is 1. The van der Waals surface area contributed by atoms with E-state index in [0.29, 0.717) is 5.92 Å². The maximum atomic E-state index is 6.02. The van der Waals surface area contributed by atoms with Crippen molar-refractivity contribution in [2.45, 2.75) is 31.8 Å². The monoisotopic (exact) mass is 353 g/mol. The van der Waals surface area contributed by atoms with Gasteiger partial charge in [-0.2, -0.15) is 5.10 Å². The molecule has 2 aromatic heterocycles. The van der Waals surface area contributed by atoms with E-state index in [9.17, 15) is 0 Å². The van der Waals surface area contributed by atoms with Crippen molar-refractivity contribution in [2.24, 2.45) is 0 Å². The normalized spacial score (nSPS) is 14.2. The second-order valence-electron chi connectivity index (χ2n) is 6.58. The Balaban J connectivity index is 1.58. The summed E-state index contributed by atoms with van der Waals surface area (Å²) >= 11 is 6.02. The second-order valence-corrected chi connectivity index (χ2v) is 7.02. The molecule has 0 radical (unpaired) electrons. The fourth-order valence-corrected chi connectivity index (χ4v) is 2.99. The summed E-state index contributed by atoms with van der Waals surface area (Å²) < 4.78 is 1.95. The highest BCUT2D eigenvalue weighted by molar-refractivity contribution is 6.30. The van der Waals surface area contributed by atoms with Crippen LogP contribution >= 0.6 is 11.6 Å². The zero-order chi connectivity index (χ0) is 17.2. The van der Waals surface area contributed by atoms with Crippen molar-refractivity contribution in [1.82, 2.24) is 24.6 Å². The van der Waals surface area contributed by atoms with Gasteiger partial charge in [0.15, 0.2) is 5.82 Å². The molecule has 128 valence electrons. The third-order valence-corrected chi connectivity index (χ3v) is 4.54. The average molecular weight is 354 g/mol. The molecule has 1 fully saturated rings. The van der Waals surface area contributed by atoms with Crippen LogP contribution in [0, 0.1) is 0 Å². The Hall–Kier alpha value is -2.24. The second kappa shape index (κ2) is 6.94. The third kappa shape index (κ3) is 3.89. The lowest BCUT2D eigenvalue weighted by Crippen LogP contribution is -2.20. The van der Waals surface area contributed by atoms with Crippen LogP contribution in [0.5, 0.6) is 0 Å². The molecule has 1 aliphatic rings. The number of hydrogen-bond donors (Lipinski definition) is 0. The maximum Gasteiger partial charge on any atom is 0.154 e. The summed E-state index contributed by atoms with van der Waals surface area (Å²) in [6.45, 7) is 1.54. The summed E-state index contributed by atoms with van der Waals surface area (Å²) in [5.74, 6) is 2.44. The van der Waals surface area contributed by atoms with Gasteiger partial charge in [0.1, 0.15) is 5.82 Å². The topological polar surface area (TPSA) is 46.8 Å².